The number of ether oxygens (including phenoxy) is 1. The molecule has 1 aromatic carbocycles. The summed E-state index contributed by atoms with van der Waals surface area (Å²) in [6.45, 7) is 1.50. The number of carbonyl (C=O) groups excluding carboxylic acids is 1. The maximum atomic E-state index is 12.8. The van der Waals surface area contributed by atoms with Gasteiger partial charge in [0.25, 0.3) is 5.91 Å². The number of imidazole rings is 1. The van der Waals surface area contributed by atoms with Gasteiger partial charge in [0.15, 0.2) is 0 Å². The molecule has 0 N–H and O–H groups in total. The number of amides is 1. The van der Waals surface area contributed by atoms with E-state index in [9.17, 15) is 4.79 Å². The van der Waals surface area contributed by atoms with E-state index in [4.69, 9.17) is 4.74 Å². The van der Waals surface area contributed by atoms with Gasteiger partial charge in [-0.3, -0.25) is 9.78 Å². The van der Waals surface area contributed by atoms with E-state index in [-0.39, 0.29) is 5.91 Å². The molecule has 0 aliphatic carbocycles. The molecule has 1 aliphatic heterocycles. The number of rotatable bonds is 4. The minimum absolute atomic E-state index is 0.0581. The van der Waals surface area contributed by atoms with Crippen LogP contribution in [0.5, 0.6) is 11.5 Å². The van der Waals surface area contributed by atoms with Crippen molar-refractivity contribution in [3.05, 3.63) is 73.1 Å². The van der Waals surface area contributed by atoms with Crippen molar-refractivity contribution in [3.63, 3.8) is 0 Å². The molecule has 132 valence electrons. The Kier molecular flexibility index (Phi) is 4.64. The molecule has 0 bridgehead atoms. The number of hydrogen-bond acceptors (Lipinski definition) is 4. The Morgan fingerprint density at radius 3 is 2.69 bits per heavy atom. The smallest absolute Gasteiger partial charge is 0.253 e. The number of hydrogen-bond donors (Lipinski definition) is 0. The molecule has 2 aromatic heterocycles. The van der Waals surface area contributed by atoms with Gasteiger partial charge < -0.3 is 14.2 Å². The van der Waals surface area contributed by atoms with Crippen LogP contribution in [-0.4, -0.2) is 38.4 Å². The molecular formula is C20H20N4O2. The number of benzene rings is 1. The van der Waals surface area contributed by atoms with Crippen LogP contribution in [0.3, 0.4) is 0 Å². The van der Waals surface area contributed by atoms with Crippen molar-refractivity contribution in [1.29, 1.82) is 0 Å². The summed E-state index contributed by atoms with van der Waals surface area (Å²) in [5.41, 5.74) is 0.676. The van der Waals surface area contributed by atoms with Gasteiger partial charge in [-0.15, -0.1) is 0 Å². The lowest BCUT2D eigenvalue weighted by molar-refractivity contribution is 0.0679. The second kappa shape index (κ2) is 7.39. The van der Waals surface area contributed by atoms with Crippen LogP contribution in [0.25, 0.3) is 0 Å². The van der Waals surface area contributed by atoms with E-state index in [0.717, 1.165) is 19.4 Å². The Hall–Kier alpha value is -3.15. The molecule has 3 heterocycles. The number of piperidine rings is 1. The predicted molar refractivity (Wildman–Crippen MR) is 97.2 cm³/mol. The minimum atomic E-state index is 0.0581. The molecule has 1 saturated heterocycles. The number of carbonyl (C=O) groups is 1. The van der Waals surface area contributed by atoms with Crippen molar-refractivity contribution in [3.8, 4) is 11.5 Å². The Morgan fingerprint density at radius 1 is 1.08 bits per heavy atom. The fraction of sp³-hybridized carbons (Fsp3) is 0.250. The van der Waals surface area contributed by atoms with Crippen molar-refractivity contribution in [2.45, 2.75) is 18.9 Å². The summed E-state index contributed by atoms with van der Waals surface area (Å²) in [6, 6.07) is 11.2. The Morgan fingerprint density at radius 2 is 1.96 bits per heavy atom. The molecule has 1 atom stereocenters. The van der Waals surface area contributed by atoms with Crippen LogP contribution in [0.1, 0.15) is 29.2 Å². The first-order chi connectivity index (χ1) is 12.8. The molecule has 4 rings (SSSR count). The highest BCUT2D eigenvalue weighted by molar-refractivity contribution is 5.94. The fourth-order valence-corrected chi connectivity index (χ4v) is 3.26. The summed E-state index contributed by atoms with van der Waals surface area (Å²) in [7, 11) is 0. The highest BCUT2D eigenvalue weighted by Gasteiger charge is 2.25. The highest BCUT2D eigenvalue weighted by atomic mass is 16.5. The van der Waals surface area contributed by atoms with Crippen LogP contribution in [0.15, 0.2) is 67.5 Å². The lowest BCUT2D eigenvalue weighted by Gasteiger charge is -2.33. The number of aromatic nitrogens is 3. The van der Waals surface area contributed by atoms with Gasteiger partial charge in [0, 0.05) is 37.2 Å². The van der Waals surface area contributed by atoms with Gasteiger partial charge in [-0.2, -0.15) is 0 Å². The van der Waals surface area contributed by atoms with Crippen LogP contribution >= 0.6 is 0 Å². The first-order valence-electron chi connectivity index (χ1n) is 8.74. The van der Waals surface area contributed by atoms with Crippen LogP contribution < -0.4 is 4.74 Å². The summed E-state index contributed by atoms with van der Waals surface area (Å²) in [5.74, 6) is 1.41. The van der Waals surface area contributed by atoms with E-state index in [0.29, 0.717) is 29.6 Å². The van der Waals surface area contributed by atoms with Crippen molar-refractivity contribution < 1.29 is 9.53 Å². The molecule has 1 aliphatic rings. The first-order valence-corrected chi connectivity index (χ1v) is 8.74. The van der Waals surface area contributed by atoms with Crippen molar-refractivity contribution in [2.24, 2.45) is 0 Å². The zero-order valence-electron chi connectivity index (χ0n) is 14.4. The highest BCUT2D eigenvalue weighted by Crippen LogP contribution is 2.24. The first kappa shape index (κ1) is 16.3. The summed E-state index contributed by atoms with van der Waals surface area (Å²) < 4.78 is 7.81. The van der Waals surface area contributed by atoms with Crippen molar-refractivity contribution >= 4 is 5.91 Å². The van der Waals surface area contributed by atoms with E-state index in [2.05, 4.69) is 14.5 Å². The second-order valence-corrected chi connectivity index (χ2v) is 6.37. The van der Waals surface area contributed by atoms with Gasteiger partial charge in [-0.05, 0) is 49.2 Å². The topological polar surface area (TPSA) is 60.2 Å². The Labute approximate surface area is 152 Å². The summed E-state index contributed by atoms with van der Waals surface area (Å²) >= 11 is 0. The van der Waals surface area contributed by atoms with E-state index in [1.165, 1.54) is 0 Å². The van der Waals surface area contributed by atoms with Gasteiger partial charge in [-0.1, -0.05) is 0 Å². The molecule has 3 aromatic rings. The van der Waals surface area contributed by atoms with E-state index < -0.39 is 0 Å². The Bertz CT molecular complexity index is 847. The van der Waals surface area contributed by atoms with Gasteiger partial charge >= 0.3 is 0 Å². The van der Waals surface area contributed by atoms with E-state index in [1.54, 1.807) is 18.6 Å². The van der Waals surface area contributed by atoms with E-state index >= 15 is 0 Å². The summed E-state index contributed by atoms with van der Waals surface area (Å²) in [5, 5.41) is 0. The number of nitrogens with zero attached hydrogens (tertiary/aromatic N) is 4. The third-order valence-corrected chi connectivity index (χ3v) is 4.60. The van der Waals surface area contributed by atoms with Gasteiger partial charge in [-0.25, -0.2) is 4.98 Å². The quantitative estimate of drug-likeness (QED) is 0.723. The molecule has 1 amide bonds. The molecule has 0 unspecified atom stereocenters. The van der Waals surface area contributed by atoms with Crippen molar-refractivity contribution in [2.75, 3.05) is 13.1 Å². The fourth-order valence-electron chi connectivity index (χ4n) is 3.26. The third kappa shape index (κ3) is 3.59. The zero-order valence-corrected chi connectivity index (χ0v) is 14.4. The lowest BCUT2D eigenvalue weighted by Crippen LogP contribution is -2.40. The molecule has 6 nitrogen and oxygen atoms in total. The van der Waals surface area contributed by atoms with Crippen molar-refractivity contribution in [1.82, 2.24) is 19.4 Å². The molecule has 1 fully saturated rings. The zero-order chi connectivity index (χ0) is 17.8. The number of likely N-dealkylation sites (tertiary alicyclic amines) is 1. The average Bonchev–Trinajstić information content (AvgIpc) is 3.24. The molecule has 0 saturated carbocycles. The molecule has 0 radical (unpaired) electrons. The largest absolute Gasteiger partial charge is 0.456 e. The molecule has 0 spiro atoms. The normalized spacial score (nSPS) is 17.1. The molecular weight excluding hydrogens is 328 g/mol. The average molecular weight is 348 g/mol. The predicted octanol–water partition coefficient (Wildman–Crippen LogP) is 3.55. The monoisotopic (exact) mass is 348 g/mol. The lowest BCUT2D eigenvalue weighted by atomic mass is 10.0. The van der Waals surface area contributed by atoms with Gasteiger partial charge in [0.05, 0.1) is 18.6 Å². The third-order valence-electron chi connectivity index (χ3n) is 4.60. The molecule has 26 heavy (non-hydrogen) atoms. The van der Waals surface area contributed by atoms with Crippen LogP contribution in [-0.2, 0) is 0 Å². The Balaban J connectivity index is 1.43. The number of pyridine rings is 1. The maximum absolute atomic E-state index is 12.8. The molecule has 6 heteroatoms. The minimum Gasteiger partial charge on any atom is -0.456 e. The van der Waals surface area contributed by atoms with Crippen LogP contribution in [0.4, 0.5) is 0 Å². The van der Waals surface area contributed by atoms with Crippen LogP contribution in [0.2, 0.25) is 0 Å². The standard InChI is InChI=1S/C20H20N4O2/c25-20(23-11-2-3-17(14-23)24-12-10-22-15-24)16-5-7-18(8-6-16)26-19-4-1-9-21-13-19/h1,4-10,12-13,15,17H,2-3,11,14H2/t17-/m1/s1. The van der Waals surface area contributed by atoms with Gasteiger partial charge in [0.2, 0.25) is 0 Å². The second-order valence-electron chi connectivity index (χ2n) is 6.37. The van der Waals surface area contributed by atoms with Gasteiger partial charge in [0.1, 0.15) is 11.5 Å². The van der Waals surface area contributed by atoms with E-state index in [1.807, 2.05) is 53.8 Å². The summed E-state index contributed by atoms with van der Waals surface area (Å²) in [4.78, 5) is 22.9. The maximum Gasteiger partial charge on any atom is 0.253 e. The SMILES string of the molecule is O=C(c1ccc(Oc2cccnc2)cc1)N1CCC[C@@H](n2ccnc2)C1. The summed E-state index contributed by atoms with van der Waals surface area (Å²) in [6.07, 6.45) is 11.0. The van der Waals surface area contributed by atoms with Crippen LogP contribution in [0, 0.1) is 0 Å².